The summed E-state index contributed by atoms with van der Waals surface area (Å²) in [4.78, 5) is 2.33. The molecule has 1 aliphatic rings. The highest BCUT2D eigenvalue weighted by molar-refractivity contribution is 5.85. The third-order valence-corrected chi connectivity index (χ3v) is 3.70. The van der Waals surface area contributed by atoms with Crippen molar-refractivity contribution in [1.82, 2.24) is 10.2 Å². The minimum absolute atomic E-state index is 0. The third kappa shape index (κ3) is 5.43. The average Bonchev–Trinajstić information content (AvgIpc) is 2.45. The van der Waals surface area contributed by atoms with E-state index in [2.05, 4.69) is 16.8 Å². The Balaban J connectivity index is 0.00000220. The Morgan fingerprint density at radius 2 is 2.00 bits per heavy atom. The fraction of sp³-hybridized carbons (Fsp3) is 0.500. The number of rotatable bonds is 5. The molecule has 6 heteroatoms. The predicted octanol–water partition coefficient (Wildman–Crippen LogP) is 3.59. The molecule has 1 aliphatic heterocycles. The first-order valence-electron chi connectivity index (χ1n) is 7.04. The first-order valence-corrected chi connectivity index (χ1v) is 7.04. The van der Waals surface area contributed by atoms with Gasteiger partial charge in [0.2, 0.25) is 0 Å². The van der Waals surface area contributed by atoms with Crippen molar-refractivity contribution < 1.29 is 9.13 Å². The molecule has 1 fully saturated rings. The van der Waals surface area contributed by atoms with Crippen LogP contribution in [0.4, 0.5) is 4.39 Å². The Hall–Kier alpha value is -0.810. The molecule has 1 atom stereocenters. The second kappa shape index (κ2) is 10.1. The Morgan fingerprint density at radius 3 is 2.50 bits per heavy atom. The van der Waals surface area contributed by atoms with E-state index in [1.807, 2.05) is 19.1 Å². The van der Waals surface area contributed by atoms with Crippen LogP contribution in [-0.2, 0) is 0 Å². The van der Waals surface area contributed by atoms with E-state index < -0.39 is 0 Å². The predicted molar refractivity (Wildman–Crippen MR) is 94.1 cm³/mol. The van der Waals surface area contributed by atoms with Gasteiger partial charge in [-0.15, -0.1) is 31.4 Å². The van der Waals surface area contributed by atoms with Crippen LogP contribution in [-0.4, -0.2) is 38.2 Å². The van der Waals surface area contributed by atoms with Crippen molar-refractivity contribution in [3.8, 4) is 5.75 Å². The molecule has 0 aromatic heterocycles. The smallest absolute Gasteiger partial charge is 0.131 e. The van der Waals surface area contributed by atoms with Gasteiger partial charge in [-0.1, -0.05) is 11.6 Å². The van der Waals surface area contributed by atoms with Crippen molar-refractivity contribution >= 4 is 24.8 Å². The Morgan fingerprint density at radius 1 is 1.36 bits per heavy atom. The maximum atomic E-state index is 14.3. The van der Waals surface area contributed by atoms with Crippen LogP contribution in [0.15, 0.2) is 30.4 Å². The lowest BCUT2D eigenvalue weighted by molar-refractivity contribution is 0.169. The Bertz CT molecular complexity index is 479. The number of nitrogens with zero attached hydrogens (tertiary/aromatic N) is 1. The van der Waals surface area contributed by atoms with Gasteiger partial charge in [0.25, 0.3) is 0 Å². The van der Waals surface area contributed by atoms with Crippen LogP contribution in [0.2, 0.25) is 0 Å². The molecule has 0 spiro atoms. The number of piperazine rings is 1. The second-order valence-electron chi connectivity index (χ2n) is 5.35. The summed E-state index contributed by atoms with van der Waals surface area (Å²) in [7, 11) is 1.55. The summed E-state index contributed by atoms with van der Waals surface area (Å²) >= 11 is 0. The van der Waals surface area contributed by atoms with Crippen LogP contribution in [0.1, 0.15) is 24.9 Å². The number of halogens is 3. The lowest BCUT2D eigenvalue weighted by Gasteiger charge is -2.35. The first kappa shape index (κ1) is 21.2. The monoisotopic (exact) mass is 350 g/mol. The van der Waals surface area contributed by atoms with E-state index in [4.69, 9.17) is 4.74 Å². The molecular formula is C16H25Cl2FN2O. The number of methoxy groups -OCH3 is 1. The summed E-state index contributed by atoms with van der Waals surface area (Å²) in [5.74, 6) is 0.356. The first-order chi connectivity index (χ1) is 9.61. The van der Waals surface area contributed by atoms with Gasteiger partial charge < -0.3 is 10.1 Å². The van der Waals surface area contributed by atoms with Crippen molar-refractivity contribution in [2.45, 2.75) is 19.4 Å². The molecule has 0 amide bonds. The van der Waals surface area contributed by atoms with Gasteiger partial charge in [-0.2, -0.15) is 0 Å². The number of nitrogens with one attached hydrogen (secondary N) is 1. The topological polar surface area (TPSA) is 24.5 Å². The highest BCUT2D eigenvalue weighted by Crippen LogP contribution is 2.31. The highest BCUT2D eigenvalue weighted by atomic mass is 35.5. The fourth-order valence-corrected chi connectivity index (χ4v) is 2.66. The van der Waals surface area contributed by atoms with Crippen molar-refractivity contribution in [1.29, 1.82) is 0 Å². The van der Waals surface area contributed by atoms with Gasteiger partial charge in [0, 0.05) is 43.9 Å². The number of hydrogen-bond donors (Lipinski definition) is 1. The molecule has 3 nitrogen and oxygen atoms in total. The molecule has 1 saturated heterocycles. The SMILES string of the molecule is C=C(C)C[C@H](c1ccc(OC)cc1F)N1CCNCC1.Cl.Cl. The van der Waals surface area contributed by atoms with Gasteiger partial charge in [0.15, 0.2) is 0 Å². The Labute approximate surface area is 144 Å². The second-order valence-corrected chi connectivity index (χ2v) is 5.35. The molecule has 2 rings (SSSR count). The standard InChI is InChI=1S/C16H23FN2O.2ClH/c1-12(2)10-16(19-8-6-18-7-9-19)14-5-4-13(20-3)11-15(14)17;;/h4-5,11,16,18H,1,6-10H2,2-3H3;2*1H/t16-;;/m1../s1. The normalized spacial score (nSPS) is 16.1. The molecule has 0 unspecified atom stereocenters. The van der Waals surface area contributed by atoms with E-state index >= 15 is 0 Å². The van der Waals surface area contributed by atoms with Crippen LogP contribution in [0, 0.1) is 5.82 Å². The van der Waals surface area contributed by atoms with Gasteiger partial charge in [0.1, 0.15) is 11.6 Å². The molecule has 0 radical (unpaired) electrons. The van der Waals surface area contributed by atoms with Crippen molar-refractivity contribution in [2.24, 2.45) is 0 Å². The quantitative estimate of drug-likeness (QED) is 0.821. The van der Waals surface area contributed by atoms with Crippen molar-refractivity contribution in [3.63, 3.8) is 0 Å². The van der Waals surface area contributed by atoms with Crippen LogP contribution < -0.4 is 10.1 Å². The minimum atomic E-state index is -0.200. The molecular weight excluding hydrogens is 326 g/mol. The van der Waals surface area contributed by atoms with Gasteiger partial charge in [-0.3, -0.25) is 4.90 Å². The van der Waals surface area contributed by atoms with Crippen LogP contribution in [0.5, 0.6) is 5.75 Å². The zero-order chi connectivity index (χ0) is 14.5. The molecule has 126 valence electrons. The molecule has 1 aromatic carbocycles. The summed E-state index contributed by atoms with van der Waals surface area (Å²) < 4.78 is 19.4. The average molecular weight is 351 g/mol. The van der Waals surface area contributed by atoms with Crippen LogP contribution in [0.25, 0.3) is 0 Å². The van der Waals surface area contributed by atoms with Crippen LogP contribution in [0.3, 0.4) is 0 Å². The van der Waals surface area contributed by atoms with E-state index in [1.165, 1.54) is 6.07 Å². The van der Waals surface area contributed by atoms with E-state index in [0.29, 0.717) is 5.75 Å². The maximum Gasteiger partial charge on any atom is 0.131 e. The van der Waals surface area contributed by atoms with Gasteiger partial charge in [-0.25, -0.2) is 4.39 Å². The Kier molecular flexibility index (Phi) is 9.69. The summed E-state index contributed by atoms with van der Waals surface area (Å²) in [5.41, 5.74) is 1.81. The maximum absolute atomic E-state index is 14.3. The van der Waals surface area contributed by atoms with Gasteiger partial charge in [-0.05, 0) is 19.4 Å². The number of ether oxygens (including phenoxy) is 1. The molecule has 0 bridgehead atoms. The zero-order valence-electron chi connectivity index (χ0n) is 13.1. The van der Waals surface area contributed by atoms with Crippen LogP contribution >= 0.6 is 24.8 Å². The summed E-state index contributed by atoms with van der Waals surface area (Å²) in [5, 5.41) is 3.33. The van der Waals surface area contributed by atoms with Crippen molar-refractivity contribution in [3.05, 3.63) is 41.7 Å². The zero-order valence-corrected chi connectivity index (χ0v) is 14.7. The van der Waals surface area contributed by atoms with E-state index in [0.717, 1.165) is 43.7 Å². The summed E-state index contributed by atoms with van der Waals surface area (Å²) in [6.07, 6.45) is 0.781. The lowest BCUT2D eigenvalue weighted by Crippen LogP contribution is -2.45. The summed E-state index contributed by atoms with van der Waals surface area (Å²) in [6, 6.07) is 5.18. The van der Waals surface area contributed by atoms with E-state index in [1.54, 1.807) is 7.11 Å². The minimum Gasteiger partial charge on any atom is -0.497 e. The lowest BCUT2D eigenvalue weighted by atomic mass is 9.97. The molecule has 1 heterocycles. The number of benzene rings is 1. The van der Waals surface area contributed by atoms with Gasteiger partial charge in [0.05, 0.1) is 7.11 Å². The van der Waals surface area contributed by atoms with Crippen molar-refractivity contribution in [2.75, 3.05) is 33.3 Å². The van der Waals surface area contributed by atoms with E-state index in [9.17, 15) is 4.39 Å². The molecule has 0 saturated carbocycles. The highest BCUT2D eigenvalue weighted by Gasteiger charge is 2.24. The molecule has 22 heavy (non-hydrogen) atoms. The van der Waals surface area contributed by atoms with E-state index in [-0.39, 0.29) is 36.7 Å². The summed E-state index contributed by atoms with van der Waals surface area (Å²) in [6.45, 7) is 9.75. The molecule has 1 N–H and O–H groups in total. The largest absolute Gasteiger partial charge is 0.497 e. The third-order valence-electron chi connectivity index (χ3n) is 3.70. The number of hydrogen-bond acceptors (Lipinski definition) is 3. The fourth-order valence-electron chi connectivity index (χ4n) is 2.66. The molecule has 0 aliphatic carbocycles. The molecule has 1 aromatic rings. The van der Waals surface area contributed by atoms with Gasteiger partial charge >= 0.3 is 0 Å².